The second-order valence-corrected chi connectivity index (χ2v) is 7.28. The lowest BCUT2D eigenvalue weighted by molar-refractivity contribution is 0.788. The molecule has 9 heteroatoms. The van der Waals surface area contributed by atoms with Gasteiger partial charge in [-0.05, 0) is 37.3 Å². The average Bonchev–Trinajstić information content (AvgIpc) is 2.78. The molecule has 0 fully saturated rings. The van der Waals surface area contributed by atoms with Gasteiger partial charge >= 0.3 is 0 Å². The van der Waals surface area contributed by atoms with Gasteiger partial charge in [-0.25, -0.2) is 15.0 Å². The Morgan fingerprint density at radius 3 is 2.61 bits per heavy atom. The number of nitrogens with one attached hydrogen (secondary N) is 2. The van der Waals surface area contributed by atoms with E-state index in [2.05, 4.69) is 31.7 Å². The number of nitriles is 1. The van der Waals surface area contributed by atoms with Crippen molar-refractivity contribution < 1.29 is 0 Å². The van der Waals surface area contributed by atoms with Crippen LogP contribution in [0.25, 0.3) is 10.9 Å². The van der Waals surface area contributed by atoms with Crippen molar-refractivity contribution in [3.63, 3.8) is 0 Å². The van der Waals surface area contributed by atoms with Gasteiger partial charge in [0, 0.05) is 48.5 Å². The van der Waals surface area contributed by atoms with Crippen LogP contribution in [0, 0.1) is 11.3 Å². The Labute approximate surface area is 183 Å². The number of hydrogen-bond donors (Lipinski definition) is 2. The Morgan fingerprint density at radius 1 is 1.10 bits per heavy atom. The third-order valence-electron chi connectivity index (χ3n) is 4.89. The Balaban J connectivity index is 1.77. The van der Waals surface area contributed by atoms with Crippen LogP contribution in [0.1, 0.15) is 24.4 Å². The van der Waals surface area contributed by atoms with Crippen LogP contribution in [0.15, 0.2) is 59.8 Å². The molecule has 4 aromatic rings. The maximum atomic E-state index is 12.5. The van der Waals surface area contributed by atoms with Gasteiger partial charge in [0.1, 0.15) is 22.6 Å². The Hall–Kier alpha value is -3.96. The summed E-state index contributed by atoms with van der Waals surface area (Å²) < 4.78 is 1.58. The molecule has 1 atom stereocenters. The second-order valence-electron chi connectivity index (χ2n) is 6.92. The molecule has 0 amide bonds. The first kappa shape index (κ1) is 20.3. The summed E-state index contributed by atoms with van der Waals surface area (Å²) in [7, 11) is 1.72. The van der Waals surface area contributed by atoms with Gasteiger partial charge in [-0.2, -0.15) is 5.26 Å². The fraction of sp³-hybridized carbons (Fsp3) is 0.136. The summed E-state index contributed by atoms with van der Waals surface area (Å²) in [5.74, 6) is 0.621. The Kier molecular flexibility index (Phi) is 5.52. The third kappa shape index (κ3) is 4.04. The lowest BCUT2D eigenvalue weighted by Crippen LogP contribution is -2.19. The maximum absolute atomic E-state index is 12.5. The molecule has 1 aromatic carbocycles. The van der Waals surface area contributed by atoms with Crippen LogP contribution in [0.5, 0.6) is 0 Å². The lowest BCUT2D eigenvalue weighted by Gasteiger charge is -2.18. The van der Waals surface area contributed by atoms with E-state index in [0.717, 1.165) is 16.6 Å². The smallest absolute Gasteiger partial charge is 0.252 e. The number of anilines is 3. The predicted molar refractivity (Wildman–Crippen MR) is 121 cm³/mol. The van der Waals surface area contributed by atoms with E-state index in [0.29, 0.717) is 17.2 Å². The van der Waals surface area contributed by atoms with Crippen LogP contribution in [0.3, 0.4) is 0 Å². The molecule has 0 bridgehead atoms. The highest BCUT2D eigenvalue weighted by atomic mass is 35.5. The van der Waals surface area contributed by atoms with Crippen molar-refractivity contribution in [1.29, 1.82) is 5.26 Å². The molecule has 2 N–H and O–H groups in total. The largest absolute Gasteiger partial charge is 0.375 e. The van der Waals surface area contributed by atoms with Crippen LogP contribution in [-0.2, 0) is 7.05 Å². The van der Waals surface area contributed by atoms with Crippen molar-refractivity contribution in [3.05, 3.63) is 81.9 Å². The molecule has 4 rings (SSSR count). The third-order valence-corrected chi connectivity index (χ3v) is 5.17. The van der Waals surface area contributed by atoms with Crippen LogP contribution in [0.4, 0.5) is 17.1 Å². The summed E-state index contributed by atoms with van der Waals surface area (Å²) >= 11 is 6.04. The summed E-state index contributed by atoms with van der Waals surface area (Å²) in [6.45, 7) is 1.93. The summed E-state index contributed by atoms with van der Waals surface area (Å²) in [6, 6.07) is 12.4. The first-order valence-electron chi connectivity index (χ1n) is 9.47. The number of benzene rings is 1. The van der Waals surface area contributed by atoms with Crippen molar-refractivity contribution in [3.8, 4) is 6.07 Å². The van der Waals surface area contributed by atoms with E-state index < -0.39 is 0 Å². The van der Waals surface area contributed by atoms with Gasteiger partial charge in [0.25, 0.3) is 5.56 Å². The fourth-order valence-electron chi connectivity index (χ4n) is 3.29. The molecule has 0 aliphatic heterocycles. The van der Waals surface area contributed by atoms with Gasteiger partial charge in [0.2, 0.25) is 0 Å². The molecule has 0 spiro atoms. The number of hydrogen-bond acceptors (Lipinski definition) is 7. The molecule has 0 aliphatic rings. The standard InChI is InChI=1S/C22H18ClN7O/c1-13(22-26-7-3-8-27-22)28-18-11-20(31)30(2)19-5-4-14(10-15(18)19)29-17-6-9-25-21(23)16(17)12-24/h3-11,13,28H,1-2H3,(H,25,29). The minimum absolute atomic E-state index is 0.134. The molecule has 1 unspecified atom stereocenters. The number of aryl methyl sites for hydroxylation is 1. The zero-order valence-corrected chi connectivity index (χ0v) is 17.6. The number of halogens is 1. The number of rotatable bonds is 5. The van der Waals surface area contributed by atoms with Crippen molar-refractivity contribution in [1.82, 2.24) is 19.5 Å². The lowest BCUT2D eigenvalue weighted by atomic mass is 10.1. The molecule has 0 radical (unpaired) electrons. The van der Waals surface area contributed by atoms with Crippen LogP contribution >= 0.6 is 11.6 Å². The van der Waals surface area contributed by atoms with E-state index in [1.54, 1.807) is 42.2 Å². The minimum atomic E-state index is -0.211. The topological polar surface area (TPSA) is 109 Å². The fourth-order valence-corrected chi connectivity index (χ4v) is 3.49. The summed E-state index contributed by atoms with van der Waals surface area (Å²) in [4.78, 5) is 25.0. The molecular formula is C22H18ClN7O. The number of pyridine rings is 2. The van der Waals surface area contributed by atoms with E-state index in [-0.39, 0.29) is 22.3 Å². The van der Waals surface area contributed by atoms with Crippen LogP contribution in [0.2, 0.25) is 5.15 Å². The quantitative estimate of drug-likeness (QED) is 0.456. The normalized spacial score (nSPS) is 11.7. The van der Waals surface area contributed by atoms with Gasteiger partial charge in [0.15, 0.2) is 0 Å². The number of nitrogens with zero attached hydrogens (tertiary/aromatic N) is 5. The molecule has 3 heterocycles. The van der Waals surface area contributed by atoms with Crippen molar-refractivity contribution >= 4 is 39.6 Å². The number of aromatic nitrogens is 4. The first-order chi connectivity index (χ1) is 15.0. The zero-order chi connectivity index (χ0) is 22.0. The van der Waals surface area contributed by atoms with E-state index in [9.17, 15) is 10.1 Å². The van der Waals surface area contributed by atoms with Crippen LogP contribution < -0.4 is 16.2 Å². The molecule has 3 aromatic heterocycles. The maximum Gasteiger partial charge on any atom is 0.252 e. The van der Waals surface area contributed by atoms with Gasteiger partial charge < -0.3 is 15.2 Å². The van der Waals surface area contributed by atoms with E-state index >= 15 is 0 Å². The highest BCUT2D eigenvalue weighted by Crippen LogP contribution is 2.30. The highest BCUT2D eigenvalue weighted by molar-refractivity contribution is 6.31. The van der Waals surface area contributed by atoms with E-state index in [1.165, 1.54) is 6.20 Å². The van der Waals surface area contributed by atoms with Gasteiger partial charge in [-0.1, -0.05) is 11.6 Å². The predicted octanol–water partition coefficient (Wildman–Crippen LogP) is 4.17. The number of fused-ring (bicyclic) bond motifs is 1. The SMILES string of the molecule is CC(Nc1cc(=O)n(C)c2ccc(Nc3ccnc(Cl)c3C#N)cc12)c1ncccn1. The zero-order valence-electron chi connectivity index (χ0n) is 16.8. The summed E-state index contributed by atoms with van der Waals surface area (Å²) in [5, 5.41) is 16.9. The second kappa shape index (κ2) is 8.42. The molecule has 31 heavy (non-hydrogen) atoms. The van der Waals surface area contributed by atoms with Crippen LogP contribution in [-0.4, -0.2) is 19.5 Å². The van der Waals surface area contributed by atoms with Crippen molar-refractivity contribution in [2.75, 3.05) is 10.6 Å². The van der Waals surface area contributed by atoms with Crippen molar-refractivity contribution in [2.45, 2.75) is 13.0 Å². The Bertz CT molecular complexity index is 1360. The first-order valence-corrected chi connectivity index (χ1v) is 9.84. The van der Waals surface area contributed by atoms with E-state index in [4.69, 9.17) is 11.6 Å². The summed E-state index contributed by atoms with van der Waals surface area (Å²) in [5.41, 5.74) is 2.83. The average molecular weight is 432 g/mol. The van der Waals surface area contributed by atoms with Crippen molar-refractivity contribution in [2.24, 2.45) is 7.05 Å². The molecule has 0 saturated carbocycles. The minimum Gasteiger partial charge on any atom is -0.375 e. The van der Waals surface area contributed by atoms with Gasteiger partial charge in [0.05, 0.1) is 17.2 Å². The van der Waals surface area contributed by atoms with Gasteiger partial charge in [-0.15, -0.1) is 0 Å². The molecular weight excluding hydrogens is 414 g/mol. The molecule has 154 valence electrons. The van der Waals surface area contributed by atoms with E-state index in [1.807, 2.05) is 25.1 Å². The molecule has 8 nitrogen and oxygen atoms in total. The van der Waals surface area contributed by atoms with Gasteiger partial charge in [-0.3, -0.25) is 4.79 Å². The molecule has 0 saturated heterocycles. The summed E-state index contributed by atoms with van der Waals surface area (Å²) in [6.07, 6.45) is 4.89. The highest BCUT2D eigenvalue weighted by Gasteiger charge is 2.14. The monoisotopic (exact) mass is 431 g/mol. The Morgan fingerprint density at radius 2 is 1.87 bits per heavy atom. The molecule has 0 aliphatic carbocycles.